The van der Waals surface area contributed by atoms with E-state index in [0.717, 1.165) is 5.69 Å². The number of urea groups is 1. The van der Waals surface area contributed by atoms with E-state index in [-0.39, 0.29) is 25.1 Å². The van der Waals surface area contributed by atoms with Crippen LogP contribution in [0, 0.1) is 5.82 Å². The number of rotatable bonds is 5. The third-order valence-electron chi connectivity index (χ3n) is 4.13. The van der Waals surface area contributed by atoms with E-state index >= 15 is 0 Å². The third-order valence-corrected chi connectivity index (χ3v) is 4.13. The zero-order valence-corrected chi connectivity index (χ0v) is 15.3. The van der Waals surface area contributed by atoms with Gasteiger partial charge < -0.3 is 19.9 Å². The first-order valence-corrected chi connectivity index (χ1v) is 8.59. The molecule has 1 aromatic heterocycles. The first kappa shape index (κ1) is 18.7. The number of benzene rings is 1. The van der Waals surface area contributed by atoms with Crippen molar-refractivity contribution >= 4 is 11.9 Å². The summed E-state index contributed by atoms with van der Waals surface area (Å²) in [6.07, 6.45) is 0. The molecule has 8 nitrogen and oxygen atoms in total. The van der Waals surface area contributed by atoms with Crippen LogP contribution in [-0.4, -0.2) is 58.8 Å². The zero-order valence-electron chi connectivity index (χ0n) is 15.3. The number of hydrogen-bond donors (Lipinski definition) is 1. The molecule has 3 rings (SSSR count). The maximum absolute atomic E-state index is 13.1. The Hall–Kier alpha value is -3.10. The predicted molar refractivity (Wildman–Crippen MR) is 95.5 cm³/mol. The van der Waals surface area contributed by atoms with Crippen LogP contribution in [0.25, 0.3) is 0 Å². The molecule has 0 radical (unpaired) electrons. The topological polar surface area (TPSA) is 79.7 Å². The lowest BCUT2D eigenvalue weighted by Gasteiger charge is -2.29. The fourth-order valence-electron chi connectivity index (χ4n) is 2.80. The van der Waals surface area contributed by atoms with Gasteiger partial charge in [0.1, 0.15) is 11.6 Å². The summed E-state index contributed by atoms with van der Waals surface area (Å²) in [7, 11) is 3.45. The molecule has 0 saturated heterocycles. The van der Waals surface area contributed by atoms with Crippen molar-refractivity contribution in [3.05, 3.63) is 47.5 Å². The second-order valence-electron chi connectivity index (χ2n) is 6.47. The van der Waals surface area contributed by atoms with E-state index in [1.54, 1.807) is 30.0 Å². The Morgan fingerprint density at radius 1 is 1.30 bits per heavy atom. The van der Waals surface area contributed by atoms with Gasteiger partial charge in [-0.15, -0.1) is 0 Å². The highest BCUT2D eigenvalue weighted by molar-refractivity contribution is 5.77. The Bertz CT molecular complexity index is 836. The molecular weight excluding hydrogens is 353 g/mol. The number of halogens is 1. The molecular formula is C18H22FN5O3. The Kier molecular flexibility index (Phi) is 5.58. The Balaban J connectivity index is 1.49. The molecule has 2 heterocycles. The van der Waals surface area contributed by atoms with Crippen molar-refractivity contribution in [2.24, 2.45) is 0 Å². The summed E-state index contributed by atoms with van der Waals surface area (Å²) in [5, 5.41) is 7.17. The first-order chi connectivity index (χ1) is 12.9. The van der Waals surface area contributed by atoms with Gasteiger partial charge in [-0.3, -0.25) is 9.48 Å². The van der Waals surface area contributed by atoms with Crippen LogP contribution in [0.3, 0.4) is 0 Å². The SMILES string of the molecule is CN(C)C(=O)N1CCn2nc(CNC(=O)COc3cccc(F)c3)cc2C1. The number of nitrogens with one attached hydrogen (secondary N) is 1. The van der Waals surface area contributed by atoms with Gasteiger partial charge in [-0.25, -0.2) is 9.18 Å². The van der Waals surface area contributed by atoms with Crippen LogP contribution in [0.2, 0.25) is 0 Å². The summed E-state index contributed by atoms with van der Waals surface area (Å²) in [5.41, 5.74) is 1.64. The Labute approximate surface area is 156 Å². The molecule has 0 unspecified atom stereocenters. The molecule has 0 bridgehead atoms. The highest BCUT2D eigenvalue weighted by atomic mass is 19.1. The fraction of sp³-hybridized carbons (Fsp3) is 0.389. The minimum atomic E-state index is -0.418. The standard InChI is InChI=1S/C18H22FN5O3/c1-22(2)18(26)23-6-7-24-15(11-23)9-14(21-24)10-20-17(25)12-27-16-5-3-4-13(19)8-16/h3-5,8-9H,6-7,10-12H2,1-2H3,(H,20,25). The van der Waals surface area contributed by atoms with Crippen molar-refractivity contribution in [3.8, 4) is 5.75 Å². The number of aromatic nitrogens is 2. The van der Waals surface area contributed by atoms with E-state index in [1.165, 1.54) is 18.2 Å². The predicted octanol–water partition coefficient (Wildman–Crippen LogP) is 1.21. The summed E-state index contributed by atoms with van der Waals surface area (Å²) < 4.78 is 20.2. The minimum absolute atomic E-state index is 0.0354. The summed E-state index contributed by atoms with van der Waals surface area (Å²) >= 11 is 0. The Morgan fingerprint density at radius 2 is 2.11 bits per heavy atom. The molecule has 0 fully saturated rings. The van der Waals surface area contributed by atoms with Crippen molar-refractivity contribution in [3.63, 3.8) is 0 Å². The van der Waals surface area contributed by atoms with Gasteiger partial charge in [0.25, 0.3) is 5.91 Å². The maximum atomic E-state index is 13.1. The monoisotopic (exact) mass is 375 g/mol. The maximum Gasteiger partial charge on any atom is 0.319 e. The molecule has 9 heteroatoms. The Morgan fingerprint density at radius 3 is 2.85 bits per heavy atom. The minimum Gasteiger partial charge on any atom is -0.484 e. The molecule has 0 saturated carbocycles. The van der Waals surface area contributed by atoms with Gasteiger partial charge in [0.05, 0.1) is 31.0 Å². The van der Waals surface area contributed by atoms with Crippen LogP contribution in [-0.2, 0) is 24.4 Å². The summed E-state index contributed by atoms with van der Waals surface area (Å²) in [6.45, 7) is 1.75. The van der Waals surface area contributed by atoms with Crippen molar-refractivity contribution in [2.45, 2.75) is 19.6 Å². The van der Waals surface area contributed by atoms with E-state index < -0.39 is 5.82 Å². The molecule has 3 amide bonds. The van der Waals surface area contributed by atoms with Crippen molar-refractivity contribution in [1.82, 2.24) is 24.9 Å². The summed E-state index contributed by atoms with van der Waals surface area (Å²) in [5.74, 6) is -0.443. The second-order valence-corrected chi connectivity index (χ2v) is 6.47. The molecule has 1 aliphatic rings. The smallest absolute Gasteiger partial charge is 0.319 e. The molecule has 1 aromatic carbocycles. The highest BCUT2D eigenvalue weighted by Gasteiger charge is 2.23. The summed E-state index contributed by atoms with van der Waals surface area (Å²) in [4.78, 5) is 27.3. The van der Waals surface area contributed by atoms with Gasteiger partial charge in [0.2, 0.25) is 0 Å². The average Bonchev–Trinajstić information content (AvgIpc) is 3.06. The number of nitrogens with zero attached hydrogens (tertiary/aromatic N) is 4. The average molecular weight is 375 g/mol. The van der Waals surface area contributed by atoms with E-state index in [1.807, 2.05) is 10.7 Å². The van der Waals surface area contributed by atoms with Crippen LogP contribution in [0.4, 0.5) is 9.18 Å². The van der Waals surface area contributed by atoms with Gasteiger partial charge in [-0.05, 0) is 18.2 Å². The van der Waals surface area contributed by atoms with Crippen molar-refractivity contribution < 1.29 is 18.7 Å². The first-order valence-electron chi connectivity index (χ1n) is 8.59. The molecule has 1 aliphatic heterocycles. The second kappa shape index (κ2) is 8.07. The molecule has 144 valence electrons. The van der Waals surface area contributed by atoms with Crippen LogP contribution >= 0.6 is 0 Å². The van der Waals surface area contributed by atoms with E-state index in [9.17, 15) is 14.0 Å². The number of carbonyl (C=O) groups is 2. The van der Waals surface area contributed by atoms with E-state index in [2.05, 4.69) is 10.4 Å². The van der Waals surface area contributed by atoms with Gasteiger partial charge in [0, 0.05) is 26.7 Å². The van der Waals surface area contributed by atoms with Crippen LogP contribution < -0.4 is 10.1 Å². The van der Waals surface area contributed by atoms with Crippen LogP contribution in [0.15, 0.2) is 30.3 Å². The van der Waals surface area contributed by atoms with Gasteiger partial charge in [-0.1, -0.05) is 6.07 Å². The summed E-state index contributed by atoms with van der Waals surface area (Å²) in [6, 6.07) is 7.47. The number of carbonyl (C=O) groups excluding carboxylic acids is 2. The van der Waals surface area contributed by atoms with E-state index in [0.29, 0.717) is 31.1 Å². The van der Waals surface area contributed by atoms with Gasteiger partial charge >= 0.3 is 6.03 Å². The number of fused-ring (bicyclic) bond motifs is 1. The van der Waals surface area contributed by atoms with Crippen LogP contribution in [0.5, 0.6) is 5.75 Å². The van der Waals surface area contributed by atoms with Crippen molar-refractivity contribution in [1.29, 1.82) is 0 Å². The van der Waals surface area contributed by atoms with Crippen molar-refractivity contribution in [2.75, 3.05) is 27.2 Å². The third kappa shape index (κ3) is 4.75. The quantitative estimate of drug-likeness (QED) is 0.852. The zero-order chi connectivity index (χ0) is 19.4. The lowest BCUT2D eigenvalue weighted by Crippen LogP contribution is -2.43. The molecule has 1 N–H and O–H groups in total. The lowest BCUT2D eigenvalue weighted by atomic mass is 10.3. The molecule has 2 aromatic rings. The fourth-order valence-corrected chi connectivity index (χ4v) is 2.80. The molecule has 0 spiro atoms. The highest BCUT2D eigenvalue weighted by Crippen LogP contribution is 2.15. The normalized spacial score (nSPS) is 13.1. The number of ether oxygens (including phenoxy) is 1. The number of hydrogen-bond acceptors (Lipinski definition) is 4. The lowest BCUT2D eigenvalue weighted by molar-refractivity contribution is -0.123. The van der Waals surface area contributed by atoms with Gasteiger partial charge in [-0.2, -0.15) is 5.10 Å². The van der Waals surface area contributed by atoms with E-state index in [4.69, 9.17) is 4.74 Å². The molecule has 0 atom stereocenters. The molecule has 0 aliphatic carbocycles. The van der Waals surface area contributed by atoms with Gasteiger partial charge in [0.15, 0.2) is 6.61 Å². The largest absolute Gasteiger partial charge is 0.484 e. The van der Waals surface area contributed by atoms with Crippen LogP contribution in [0.1, 0.15) is 11.4 Å². The molecule has 27 heavy (non-hydrogen) atoms. The number of amides is 3.